The summed E-state index contributed by atoms with van der Waals surface area (Å²) in [5, 5.41) is 4.04. The molecule has 0 atom stereocenters. The molecule has 0 aliphatic carbocycles. The van der Waals surface area contributed by atoms with E-state index in [9.17, 15) is 0 Å². The molecule has 21 heavy (non-hydrogen) atoms. The van der Waals surface area contributed by atoms with Crippen molar-refractivity contribution in [2.75, 3.05) is 12.3 Å². The second-order valence-electron chi connectivity index (χ2n) is 4.15. The number of aromatic nitrogens is 6. The molecule has 0 aromatic carbocycles. The van der Waals surface area contributed by atoms with Crippen LogP contribution in [-0.2, 0) is 6.42 Å². The molecule has 3 aromatic rings. The second kappa shape index (κ2) is 5.95. The lowest BCUT2D eigenvalue weighted by molar-refractivity contribution is 0.294. The van der Waals surface area contributed by atoms with Crippen molar-refractivity contribution >= 4 is 5.95 Å². The Labute approximate surface area is 120 Å². The van der Waals surface area contributed by atoms with E-state index in [0.29, 0.717) is 19.0 Å². The molecule has 0 unspecified atom stereocenters. The van der Waals surface area contributed by atoms with Gasteiger partial charge in [0, 0.05) is 30.7 Å². The Hall–Kier alpha value is -3.03. The molecule has 0 saturated heterocycles. The molecule has 0 spiro atoms. The molecule has 2 N–H and O–H groups in total. The number of nitrogens with zero attached hydrogens (tertiary/aromatic N) is 6. The Morgan fingerprint density at radius 1 is 1.10 bits per heavy atom. The summed E-state index contributed by atoms with van der Waals surface area (Å²) in [7, 11) is 0. The summed E-state index contributed by atoms with van der Waals surface area (Å²) in [4.78, 5) is 16.3. The summed E-state index contributed by atoms with van der Waals surface area (Å²) in [6, 6.07) is 7.66. The Kier molecular flexibility index (Phi) is 3.68. The maximum atomic E-state index is 5.65. The molecule has 106 valence electrons. The molecular weight excluding hydrogens is 270 g/mol. The highest BCUT2D eigenvalue weighted by molar-refractivity contribution is 5.24. The van der Waals surface area contributed by atoms with Gasteiger partial charge in [-0.05, 0) is 18.2 Å². The van der Waals surface area contributed by atoms with Crippen LogP contribution < -0.4 is 10.5 Å². The van der Waals surface area contributed by atoms with Crippen LogP contribution in [0, 0.1) is 0 Å². The third kappa shape index (κ3) is 3.30. The van der Waals surface area contributed by atoms with Crippen LogP contribution in [0.2, 0.25) is 0 Å². The summed E-state index contributed by atoms with van der Waals surface area (Å²) < 4.78 is 7.00. The monoisotopic (exact) mass is 283 g/mol. The molecule has 8 nitrogen and oxygen atoms in total. The molecule has 0 bridgehead atoms. The molecule has 3 heterocycles. The van der Waals surface area contributed by atoms with Crippen molar-refractivity contribution in [1.29, 1.82) is 0 Å². The van der Waals surface area contributed by atoms with Crippen LogP contribution >= 0.6 is 0 Å². The molecule has 0 aliphatic heterocycles. The highest BCUT2D eigenvalue weighted by Gasteiger charge is 2.07. The minimum absolute atomic E-state index is 0.0864. The van der Waals surface area contributed by atoms with E-state index in [1.54, 1.807) is 24.7 Å². The van der Waals surface area contributed by atoms with E-state index in [2.05, 4.69) is 25.0 Å². The first kappa shape index (κ1) is 13.0. The quantitative estimate of drug-likeness (QED) is 0.733. The van der Waals surface area contributed by atoms with Crippen LogP contribution in [0.1, 0.15) is 5.69 Å². The van der Waals surface area contributed by atoms with Gasteiger partial charge in [-0.1, -0.05) is 6.07 Å². The van der Waals surface area contributed by atoms with Gasteiger partial charge in [0.15, 0.2) is 0 Å². The molecule has 0 radical (unpaired) electrons. The van der Waals surface area contributed by atoms with Gasteiger partial charge >= 0.3 is 6.01 Å². The maximum absolute atomic E-state index is 5.65. The lowest BCUT2D eigenvalue weighted by atomic mass is 10.3. The number of hydrogen-bond donors (Lipinski definition) is 1. The molecular formula is C13H13N7O. The first-order valence-corrected chi connectivity index (χ1v) is 6.35. The first-order chi connectivity index (χ1) is 10.3. The standard InChI is InChI=1S/C13H13N7O/c14-11-17-12(20-8-3-7-16-20)19-13(18-11)21-9-5-10-4-1-2-6-15-10/h1-4,6-8H,5,9H2,(H2,14,17,18,19). The number of hydrogen-bond acceptors (Lipinski definition) is 7. The normalized spacial score (nSPS) is 10.5. The predicted molar refractivity (Wildman–Crippen MR) is 74.8 cm³/mol. The summed E-state index contributed by atoms with van der Waals surface area (Å²) in [5.74, 6) is 0.406. The second-order valence-corrected chi connectivity index (χ2v) is 4.15. The Morgan fingerprint density at radius 2 is 2.05 bits per heavy atom. The molecule has 0 aliphatic rings. The van der Waals surface area contributed by atoms with Crippen molar-refractivity contribution in [3.8, 4) is 12.0 Å². The average molecular weight is 283 g/mol. The van der Waals surface area contributed by atoms with Crippen LogP contribution in [0.4, 0.5) is 5.95 Å². The largest absolute Gasteiger partial charge is 0.463 e. The van der Waals surface area contributed by atoms with Gasteiger partial charge < -0.3 is 10.5 Å². The Bertz CT molecular complexity index is 700. The lowest BCUT2D eigenvalue weighted by Crippen LogP contribution is -2.11. The van der Waals surface area contributed by atoms with Crippen molar-refractivity contribution in [3.05, 3.63) is 48.5 Å². The lowest BCUT2D eigenvalue weighted by Gasteiger charge is -2.06. The van der Waals surface area contributed by atoms with E-state index in [0.717, 1.165) is 5.69 Å². The van der Waals surface area contributed by atoms with Crippen molar-refractivity contribution in [1.82, 2.24) is 29.7 Å². The van der Waals surface area contributed by atoms with E-state index >= 15 is 0 Å². The zero-order valence-electron chi connectivity index (χ0n) is 11.1. The minimum Gasteiger partial charge on any atom is -0.463 e. The van der Waals surface area contributed by atoms with Gasteiger partial charge in [0.25, 0.3) is 5.95 Å². The van der Waals surface area contributed by atoms with Gasteiger partial charge in [0.05, 0.1) is 6.61 Å². The molecule has 0 saturated carbocycles. The number of rotatable bonds is 5. The smallest absolute Gasteiger partial charge is 0.323 e. The molecule has 0 fully saturated rings. The van der Waals surface area contributed by atoms with E-state index in [1.165, 1.54) is 4.68 Å². The van der Waals surface area contributed by atoms with Crippen LogP contribution in [0.3, 0.4) is 0 Å². The number of pyridine rings is 1. The SMILES string of the molecule is Nc1nc(OCCc2ccccn2)nc(-n2cccn2)n1. The van der Waals surface area contributed by atoms with E-state index in [4.69, 9.17) is 10.5 Å². The van der Waals surface area contributed by atoms with Crippen LogP contribution in [0.25, 0.3) is 5.95 Å². The van der Waals surface area contributed by atoms with E-state index in [1.807, 2.05) is 18.2 Å². The van der Waals surface area contributed by atoms with Gasteiger partial charge in [0.2, 0.25) is 5.95 Å². The molecule has 0 amide bonds. The van der Waals surface area contributed by atoms with Gasteiger partial charge in [-0.2, -0.15) is 20.1 Å². The Morgan fingerprint density at radius 3 is 2.81 bits per heavy atom. The zero-order chi connectivity index (χ0) is 14.5. The number of ether oxygens (including phenoxy) is 1. The van der Waals surface area contributed by atoms with Crippen LogP contribution in [0.5, 0.6) is 6.01 Å². The summed E-state index contributed by atoms with van der Waals surface area (Å²) in [6.45, 7) is 0.402. The fourth-order valence-electron chi connectivity index (χ4n) is 1.71. The van der Waals surface area contributed by atoms with Crippen molar-refractivity contribution in [3.63, 3.8) is 0 Å². The third-order valence-corrected chi connectivity index (χ3v) is 2.65. The van der Waals surface area contributed by atoms with Crippen LogP contribution in [-0.4, -0.2) is 36.3 Å². The summed E-state index contributed by atoms with van der Waals surface area (Å²) in [5.41, 5.74) is 6.59. The predicted octanol–water partition coefficient (Wildman–Crippen LogP) is 0.656. The van der Waals surface area contributed by atoms with Crippen LogP contribution in [0.15, 0.2) is 42.9 Å². The molecule has 3 aromatic heterocycles. The van der Waals surface area contributed by atoms with Crippen molar-refractivity contribution in [2.24, 2.45) is 0 Å². The van der Waals surface area contributed by atoms with Gasteiger partial charge in [0.1, 0.15) is 0 Å². The Balaban J connectivity index is 1.68. The number of nitrogens with two attached hydrogens (primary N) is 1. The fourth-order valence-corrected chi connectivity index (χ4v) is 1.71. The van der Waals surface area contributed by atoms with Crippen molar-refractivity contribution in [2.45, 2.75) is 6.42 Å². The molecule has 8 heteroatoms. The first-order valence-electron chi connectivity index (χ1n) is 6.35. The topological polar surface area (TPSA) is 105 Å². The highest BCUT2D eigenvalue weighted by Crippen LogP contribution is 2.08. The highest BCUT2D eigenvalue weighted by atomic mass is 16.5. The zero-order valence-corrected chi connectivity index (χ0v) is 11.1. The average Bonchev–Trinajstić information content (AvgIpc) is 3.02. The van der Waals surface area contributed by atoms with Crippen molar-refractivity contribution < 1.29 is 4.74 Å². The number of anilines is 1. The van der Waals surface area contributed by atoms with Gasteiger partial charge in [-0.25, -0.2) is 4.68 Å². The minimum atomic E-state index is 0.0864. The summed E-state index contributed by atoms with van der Waals surface area (Å²) >= 11 is 0. The maximum Gasteiger partial charge on any atom is 0.323 e. The number of nitrogen functional groups attached to an aromatic ring is 1. The van der Waals surface area contributed by atoms with Gasteiger partial charge in [-0.15, -0.1) is 0 Å². The van der Waals surface area contributed by atoms with Gasteiger partial charge in [-0.3, -0.25) is 4.98 Å². The third-order valence-electron chi connectivity index (χ3n) is 2.65. The van der Waals surface area contributed by atoms with E-state index < -0.39 is 0 Å². The fraction of sp³-hybridized carbons (Fsp3) is 0.154. The summed E-state index contributed by atoms with van der Waals surface area (Å²) in [6.07, 6.45) is 5.74. The molecule has 3 rings (SSSR count). The van der Waals surface area contributed by atoms with E-state index in [-0.39, 0.29) is 12.0 Å².